The topological polar surface area (TPSA) is 85.7 Å². The van der Waals surface area contributed by atoms with E-state index in [1.54, 1.807) is 6.92 Å². The van der Waals surface area contributed by atoms with E-state index in [4.69, 9.17) is 15.7 Å². The Balaban J connectivity index is 3.06. The molecule has 0 unspecified atom stereocenters. The van der Waals surface area contributed by atoms with Gasteiger partial charge in [0.15, 0.2) is 12.4 Å². The van der Waals surface area contributed by atoms with Gasteiger partial charge in [0.2, 0.25) is 5.88 Å². The largest absolute Gasteiger partial charge is 0.471 e. The van der Waals surface area contributed by atoms with Gasteiger partial charge in [0, 0.05) is 7.05 Å². The van der Waals surface area contributed by atoms with Gasteiger partial charge in [0.25, 0.3) is 6.43 Å². The first kappa shape index (κ1) is 12.2. The summed E-state index contributed by atoms with van der Waals surface area (Å²) in [6.45, 7) is 0.827. The Kier molecular flexibility index (Phi) is 3.64. The third-order valence-corrected chi connectivity index (χ3v) is 1.88. The van der Waals surface area contributed by atoms with Crippen LogP contribution in [0.1, 0.15) is 11.3 Å². The molecule has 0 aliphatic rings. The number of hydrogen-bond acceptors (Lipinski definition) is 4. The Labute approximate surface area is 90.3 Å². The van der Waals surface area contributed by atoms with E-state index in [2.05, 4.69) is 10.3 Å². The molecule has 8 heteroatoms. The summed E-state index contributed by atoms with van der Waals surface area (Å²) in [6, 6.07) is 0. The minimum atomic E-state index is -2.60. The first-order valence-corrected chi connectivity index (χ1v) is 4.39. The second-order valence-electron chi connectivity index (χ2n) is 3.08. The van der Waals surface area contributed by atoms with E-state index >= 15 is 0 Å². The van der Waals surface area contributed by atoms with Crippen LogP contribution >= 0.6 is 0 Å². The molecule has 0 aliphatic carbocycles. The fraction of sp³-hybridized carbons (Fsp3) is 0.500. The summed E-state index contributed by atoms with van der Waals surface area (Å²) in [6.07, 6.45) is -2.60. The van der Waals surface area contributed by atoms with Crippen molar-refractivity contribution < 1.29 is 18.7 Å². The Bertz CT molecular complexity index is 403. The zero-order valence-corrected chi connectivity index (χ0v) is 8.81. The van der Waals surface area contributed by atoms with Gasteiger partial charge in [-0.1, -0.05) is 5.16 Å². The van der Waals surface area contributed by atoms with Crippen LogP contribution in [0, 0.1) is 6.92 Å². The van der Waals surface area contributed by atoms with Gasteiger partial charge in [-0.15, -0.1) is 0 Å². The highest BCUT2D eigenvalue weighted by Gasteiger charge is 2.19. The number of nitrogens with zero attached hydrogens (tertiary/aromatic N) is 3. The zero-order valence-electron chi connectivity index (χ0n) is 8.81. The summed E-state index contributed by atoms with van der Waals surface area (Å²) in [7, 11) is 1.52. The van der Waals surface area contributed by atoms with E-state index in [9.17, 15) is 8.78 Å². The van der Waals surface area contributed by atoms with Crippen LogP contribution in [0.25, 0.3) is 0 Å². The molecular weight excluding hydrogens is 222 g/mol. The second-order valence-corrected chi connectivity index (χ2v) is 3.08. The van der Waals surface area contributed by atoms with Crippen molar-refractivity contribution in [3.05, 3.63) is 11.3 Å². The summed E-state index contributed by atoms with van der Waals surface area (Å²) in [5.41, 5.74) is 6.04. The number of aryl methyl sites for hydroxylation is 2. The van der Waals surface area contributed by atoms with Gasteiger partial charge in [0.1, 0.15) is 5.56 Å². The van der Waals surface area contributed by atoms with Gasteiger partial charge < -0.3 is 15.7 Å². The Hall–Kier alpha value is -1.86. The van der Waals surface area contributed by atoms with Gasteiger partial charge in [-0.3, -0.25) is 0 Å². The Morgan fingerprint density at radius 2 is 2.31 bits per heavy atom. The van der Waals surface area contributed by atoms with E-state index in [0.717, 1.165) is 0 Å². The highest BCUT2D eigenvalue weighted by Crippen LogP contribution is 2.21. The van der Waals surface area contributed by atoms with Crippen LogP contribution in [0.15, 0.2) is 5.16 Å². The van der Waals surface area contributed by atoms with Crippen LogP contribution in [0.2, 0.25) is 0 Å². The third kappa shape index (κ3) is 2.38. The van der Waals surface area contributed by atoms with Crippen LogP contribution < -0.4 is 10.5 Å². The van der Waals surface area contributed by atoms with Crippen LogP contribution in [-0.2, 0) is 7.05 Å². The first-order valence-electron chi connectivity index (χ1n) is 4.39. The standard InChI is InChI=1S/C8H12F2N4O2/c1-4-6(7(11)13-15)8(14(2)12-4)16-3-5(9)10/h5,15H,3H2,1-2H3,(H2,11,13). The third-order valence-electron chi connectivity index (χ3n) is 1.88. The van der Waals surface area contributed by atoms with E-state index in [0.29, 0.717) is 5.69 Å². The fourth-order valence-corrected chi connectivity index (χ4v) is 1.29. The van der Waals surface area contributed by atoms with Crippen molar-refractivity contribution in [2.75, 3.05) is 6.61 Å². The molecule has 90 valence electrons. The van der Waals surface area contributed by atoms with Gasteiger partial charge >= 0.3 is 0 Å². The molecule has 1 heterocycles. The molecule has 1 aromatic heterocycles. The maximum atomic E-state index is 12.0. The summed E-state index contributed by atoms with van der Waals surface area (Å²) in [5.74, 6) is -0.178. The van der Waals surface area contributed by atoms with Gasteiger partial charge in [-0.2, -0.15) is 5.10 Å². The van der Waals surface area contributed by atoms with E-state index in [1.165, 1.54) is 11.7 Å². The summed E-state index contributed by atoms with van der Waals surface area (Å²) >= 11 is 0. The number of halogens is 2. The van der Waals surface area contributed by atoms with Crippen molar-refractivity contribution in [2.45, 2.75) is 13.3 Å². The number of alkyl halides is 2. The molecule has 16 heavy (non-hydrogen) atoms. The molecule has 6 nitrogen and oxygen atoms in total. The van der Waals surface area contributed by atoms with Crippen molar-refractivity contribution in [3.63, 3.8) is 0 Å². The number of nitrogens with two attached hydrogens (primary N) is 1. The predicted octanol–water partition coefficient (Wildman–Crippen LogP) is 0.467. The summed E-state index contributed by atoms with van der Waals surface area (Å²) in [5, 5.41) is 15.3. The molecule has 3 N–H and O–H groups in total. The van der Waals surface area contributed by atoms with Gasteiger partial charge in [-0.25, -0.2) is 13.5 Å². The molecule has 0 bridgehead atoms. The van der Waals surface area contributed by atoms with E-state index in [1.807, 2.05) is 0 Å². The van der Waals surface area contributed by atoms with Crippen molar-refractivity contribution in [2.24, 2.45) is 17.9 Å². The SMILES string of the molecule is Cc1nn(C)c(OCC(F)F)c1C(N)=NO. The number of amidine groups is 1. The lowest BCUT2D eigenvalue weighted by Crippen LogP contribution is -2.17. The number of aromatic nitrogens is 2. The summed E-state index contributed by atoms with van der Waals surface area (Å²) in [4.78, 5) is 0. The van der Waals surface area contributed by atoms with E-state index in [-0.39, 0.29) is 17.3 Å². The molecule has 0 saturated heterocycles. The predicted molar refractivity (Wildman–Crippen MR) is 52.0 cm³/mol. The van der Waals surface area contributed by atoms with Crippen molar-refractivity contribution in [1.29, 1.82) is 0 Å². The highest BCUT2D eigenvalue weighted by molar-refractivity contribution is 6.00. The fourth-order valence-electron chi connectivity index (χ4n) is 1.29. The minimum Gasteiger partial charge on any atom is -0.471 e. The number of oxime groups is 1. The number of ether oxygens (including phenoxy) is 1. The Morgan fingerprint density at radius 3 is 2.81 bits per heavy atom. The maximum Gasteiger partial charge on any atom is 0.272 e. The minimum absolute atomic E-state index is 0.0492. The molecule has 0 aromatic carbocycles. The average molecular weight is 234 g/mol. The normalized spacial score (nSPS) is 12.2. The van der Waals surface area contributed by atoms with Crippen LogP contribution in [-0.4, -0.2) is 33.9 Å². The molecular formula is C8H12F2N4O2. The number of hydrogen-bond donors (Lipinski definition) is 2. The molecule has 0 saturated carbocycles. The molecule has 0 atom stereocenters. The molecule has 0 spiro atoms. The maximum absolute atomic E-state index is 12.0. The first-order chi connectivity index (χ1) is 7.47. The van der Waals surface area contributed by atoms with Crippen LogP contribution in [0.3, 0.4) is 0 Å². The van der Waals surface area contributed by atoms with Crippen molar-refractivity contribution in [3.8, 4) is 5.88 Å². The average Bonchev–Trinajstić information content (AvgIpc) is 2.49. The van der Waals surface area contributed by atoms with Crippen molar-refractivity contribution >= 4 is 5.84 Å². The summed E-state index contributed by atoms with van der Waals surface area (Å²) < 4.78 is 30.1. The highest BCUT2D eigenvalue weighted by atomic mass is 19.3. The molecule has 1 rings (SSSR count). The van der Waals surface area contributed by atoms with Gasteiger partial charge in [-0.05, 0) is 6.92 Å². The smallest absolute Gasteiger partial charge is 0.272 e. The molecule has 0 aliphatic heterocycles. The lowest BCUT2D eigenvalue weighted by Gasteiger charge is -2.07. The zero-order chi connectivity index (χ0) is 12.3. The lowest BCUT2D eigenvalue weighted by molar-refractivity contribution is 0.0773. The second kappa shape index (κ2) is 4.77. The molecule has 0 radical (unpaired) electrons. The van der Waals surface area contributed by atoms with Crippen LogP contribution in [0.5, 0.6) is 5.88 Å². The molecule has 0 amide bonds. The lowest BCUT2D eigenvalue weighted by atomic mass is 10.2. The van der Waals surface area contributed by atoms with Crippen LogP contribution in [0.4, 0.5) is 8.78 Å². The van der Waals surface area contributed by atoms with Crippen molar-refractivity contribution in [1.82, 2.24) is 9.78 Å². The monoisotopic (exact) mass is 234 g/mol. The molecule has 1 aromatic rings. The van der Waals surface area contributed by atoms with E-state index < -0.39 is 13.0 Å². The number of rotatable bonds is 4. The molecule has 0 fully saturated rings. The quantitative estimate of drug-likeness (QED) is 0.343. The van der Waals surface area contributed by atoms with Gasteiger partial charge in [0.05, 0.1) is 5.69 Å². The Morgan fingerprint density at radius 1 is 1.69 bits per heavy atom.